The van der Waals surface area contributed by atoms with E-state index in [9.17, 15) is 34.8 Å². The molecule has 0 saturated heterocycles. The highest BCUT2D eigenvalue weighted by Crippen LogP contribution is 2.49. The lowest BCUT2D eigenvalue weighted by atomic mass is 10.0. The van der Waals surface area contributed by atoms with E-state index in [1.165, 1.54) is 6.92 Å². The second kappa shape index (κ2) is 6.17. The van der Waals surface area contributed by atoms with E-state index in [1.54, 1.807) is 0 Å². The van der Waals surface area contributed by atoms with Crippen LogP contribution in [0.25, 0.3) is 0 Å². The SMILES string of the molecule is CCNS(=O)(=O)Nc1ccc(C(F)(F)C(O)(F)C(F)(F)F)cc1. The van der Waals surface area contributed by atoms with Crippen molar-refractivity contribution in [3.63, 3.8) is 0 Å². The van der Waals surface area contributed by atoms with Crippen molar-refractivity contribution in [3.05, 3.63) is 29.8 Å². The Bertz CT molecular complexity index is 643. The molecule has 1 unspecified atom stereocenters. The molecule has 0 radical (unpaired) electrons. The molecule has 0 spiro atoms. The first-order chi connectivity index (χ1) is 10.2. The molecule has 0 aromatic heterocycles. The summed E-state index contributed by atoms with van der Waals surface area (Å²) in [6, 6.07) is 2.12. The first-order valence-corrected chi connectivity index (χ1v) is 7.46. The summed E-state index contributed by atoms with van der Waals surface area (Å²) in [5.41, 5.74) is -1.73. The van der Waals surface area contributed by atoms with Gasteiger partial charge in [-0.1, -0.05) is 19.1 Å². The summed E-state index contributed by atoms with van der Waals surface area (Å²) < 4.78 is 103. The van der Waals surface area contributed by atoms with Crippen LogP contribution in [0.5, 0.6) is 0 Å². The molecule has 12 heteroatoms. The number of hydrogen-bond donors (Lipinski definition) is 3. The fraction of sp³-hybridized carbons (Fsp3) is 0.455. The highest BCUT2D eigenvalue weighted by atomic mass is 32.2. The maximum Gasteiger partial charge on any atom is 0.455 e. The molecule has 1 aromatic rings. The lowest BCUT2D eigenvalue weighted by molar-refractivity contribution is -0.390. The molecule has 23 heavy (non-hydrogen) atoms. The molecular weight excluding hydrogens is 354 g/mol. The number of nitrogens with one attached hydrogen (secondary N) is 2. The summed E-state index contributed by atoms with van der Waals surface area (Å²) >= 11 is 0. The minimum Gasteiger partial charge on any atom is -0.350 e. The lowest BCUT2D eigenvalue weighted by Crippen LogP contribution is -2.53. The van der Waals surface area contributed by atoms with E-state index in [4.69, 9.17) is 5.11 Å². The highest BCUT2D eigenvalue weighted by molar-refractivity contribution is 7.90. The van der Waals surface area contributed by atoms with Gasteiger partial charge in [0.15, 0.2) is 0 Å². The minimum absolute atomic E-state index is 0.0337. The zero-order chi connectivity index (χ0) is 18.1. The van der Waals surface area contributed by atoms with Crippen molar-refractivity contribution in [2.45, 2.75) is 24.9 Å². The Kier molecular flexibility index (Phi) is 5.23. The van der Waals surface area contributed by atoms with Crippen LogP contribution >= 0.6 is 0 Å². The second-order valence-corrected chi connectivity index (χ2v) is 5.87. The molecule has 132 valence electrons. The average molecular weight is 366 g/mol. The van der Waals surface area contributed by atoms with Gasteiger partial charge in [0.1, 0.15) is 0 Å². The number of aliphatic hydroxyl groups is 1. The molecule has 3 N–H and O–H groups in total. The summed E-state index contributed by atoms with van der Waals surface area (Å²) in [5.74, 6) is -11.1. The summed E-state index contributed by atoms with van der Waals surface area (Å²) in [5, 5.41) is 8.49. The number of rotatable bonds is 6. The van der Waals surface area contributed by atoms with Crippen LogP contribution in [0.4, 0.5) is 32.0 Å². The molecule has 0 aliphatic carbocycles. The van der Waals surface area contributed by atoms with Gasteiger partial charge in [-0.2, -0.15) is 39.5 Å². The number of hydrogen-bond acceptors (Lipinski definition) is 3. The monoisotopic (exact) mass is 366 g/mol. The zero-order valence-electron chi connectivity index (χ0n) is 11.5. The number of halogens is 6. The molecule has 0 fully saturated rings. The van der Waals surface area contributed by atoms with Crippen LogP contribution in [0.2, 0.25) is 0 Å². The minimum atomic E-state index is -6.22. The molecular formula is C11H12F6N2O3S. The largest absolute Gasteiger partial charge is 0.455 e. The number of anilines is 1. The molecule has 0 bridgehead atoms. The van der Waals surface area contributed by atoms with Gasteiger partial charge in [-0.25, -0.2) is 0 Å². The van der Waals surface area contributed by atoms with Crippen molar-refractivity contribution >= 4 is 15.9 Å². The Morgan fingerprint density at radius 3 is 1.91 bits per heavy atom. The average Bonchev–Trinajstić information content (AvgIpc) is 2.37. The van der Waals surface area contributed by atoms with Crippen LogP contribution in [0.3, 0.4) is 0 Å². The standard InChI is InChI=1S/C11H12F6N2O3S/c1-2-18-23(21,22)19-8-5-3-7(4-6-8)9(12,13)10(14,20)11(15,16)17/h3-6,18-20H,2H2,1H3. The Morgan fingerprint density at radius 2 is 1.52 bits per heavy atom. The Morgan fingerprint density at radius 1 is 1.04 bits per heavy atom. The van der Waals surface area contributed by atoms with E-state index in [1.807, 2.05) is 9.44 Å². The molecule has 0 saturated carbocycles. The smallest absolute Gasteiger partial charge is 0.350 e. The molecule has 1 atom stereocenters. The van der Waals surface area contributed by atoms with E-state index < -0.39 is 33.7 Å². The van der Waals surface area contributed by atoms with Gasteiger partial charge < -0.3 is 5.11 Å². The first kappa shape index (κ1) is 19.5. The van der Waals surface area contributed by atoms with Crippen LogP contribution in [0, 0.1) is 0 Å². The van der Waals surface area contributed by atoms with E-state index >= 15 is 0 Å². The van der Waals surface area contributed by atoms with Gasteiger partial charge in [0.05, 0.1) is 0 Å². The molecule has 0 amide bonds. The van der Waals surface area contributed by atoms with Gasteiger partial charge >= 0.3 is 18.0 Å². The zero-order valence-corrected chi connectivity index (χ0v) is 12.3. The summed E-state index contributed by atoms with van der Waals surface area (Å²) in [6.45, 7) is 1.51. The predicted octanol–water partition coefficient (Wildman–Crippen LogP) is 2.26. The maximum absolute atomic E-state index is 13.5. The van der Waals surface area contributed by atoms with Crippen molar-refractivity contribution in [1.29, 1.82) is 0 Å². The van der Waals surface area contributed by atoms with Crippen molar-refractivity contribution in [1.82, 2.24) is 4.72 Å². The van der Waals surface area contributed by atoms with Gasteiger partial charge in [-0.15, -0.1) is 0 Å². The number of alkyl halides is 6. The Labute approximate surface area is 127 Å². The topological polar surface area (TPSA) is 78.4 Å². The molecule has 0 heterocycles. The van der Waals surface area contributed by atoms with Crippen molar-refractivity contribution in [2.75, 3.05) is 11.3 Å². The van der Waals surface area contributed by atoms with Crippen LogP contribution in [0.15, 0.2) is 24.3 Å². The van der Waals surface area contributed by atoms with E-state index in [0.717, 1.165) is 0 Å². The summed E-state index contributed by atoms with van der Waals surface area (Å²) in [4.78, 5) is 0. The maximum atomic E-state index is 13.5. The van der Waals surface area contributed by atoms with E-state index in [2.05, 4.69) is 0 Å². The van der Waals surface area contributed by atoms with Gasteiger partial charge in [-0.05, 0) is 12.1 Å². The fourth-order valence-electron chi connectivity index (χ4n) is 1.50. The van der Waals surface area contributed by atoms with Crippen molar-refractivity contribution in [2.24, 2.45) is 0 Å². The Hall–Kier alpha value is -1.53. The summed E-state index contributed by atoms with van der Waals surface area (Å²) in [7, 11) is -3.98. The van der Waals surface area contributed by atoms with Crippen molar-refractivity contribution < 1.29 is 39.9 Å². The fourth-order valence-corrected chi connectivity index (χ4v) is 2.40. The Balaban J connectivity index is 3.09. The van der Waals surface area contributed by atoms with Gasteiger partial charge in [0.2, 0.25) is 0 Å². The van der Waals surface area contributed by atoms with Crippen molar-refractivity contribution in [3.8, 4) is 0 Å². The van der Waals surface area contributed by atoms with E-state index in [0.29, 0.717) is 24.3 Å². The third-order valence-corrected chi connectivity index (χ3v) is 3.80. The van der Waals surface area contributed by atoms with Crippen LogP contribution in [0.1, 0.15) is 12.5 Å². The van der Waals surface area contributed by atoms with E-state index in [-0.39, 0.29) is 12.2 Å². The molecule has 5 nitrogen and oxygen atoms in total. The normalized spacial score (nSPS) is 16.0. The van der Waals surface area contributed by atoms with Gasteiger partial charge in [0, 0.05) is 17.8 Å². The third kappa shape index (κ3) is 4.06. The van der Waals surface area contributed by atoms with Gasteiger partial charge in [0.25, 0.3) is 10.2 Å². The molecule has 0 aliphatic rings. The molecule has 1 rings (SSSR count). The van der Waals surface area contributed by atoms with Crippen LogP contribution in [-0.2, 0) is 16.1 Å². The van der Waals surface area contributed by atoms with Crippen LogP contribution in [-0.4, -0.2) is 32.1 Å². The quantitative estimate of drug-likeness (QED) is 0.676. The molecule has 0 aliphatic heterocycles. The first-order valence-electron chi connectivity index (χ1n) is 5.98. The second-order valence-electron chi connectivity index (χ2n) is 4.37. The third-order valence-electron chi connectivity index (χ3n) is 2.63. The summed E-state index contributed by atoms with van der Waals surface area (Å²) in [6.07, 6.45) is -6.22. The highest BCUT2D eigenvalue weighted by Gasteiger charge is 2.71. The van der Waals surface area contributed by atoms with Gasteiger partial charge in [-0.3, -0.25) is 4.72 Å². The molecule has 1 aromatic carbocycles. The number of benzene rings is 1. The predicted molar refractivity (Wildman–Crippen MR) is 68.7 cm³/mol. The van der Waals surface area contributed by atoms with Crippen LogP contribution < -0.4 is 9.44 Å². The lowest BCUT2D eigenvalue weighted by Gasteiger charge is -2.30.